The van der Waals surface area contributed by atoms with Crippen LogP contribution in [0.5, 0.6) is 0 Å². The molecule has 0 heterocycles. The second kappa shape index (κ2) is 17.8. The van der Waals surface area contributed by atoms with E-state index in [0.29, 0.717) is 18.5 Å². The number of carbonyl (C=O) groups is 4. The minimum Gasteiger partial charge on any atom is -0.466 e. The highest BCUT2D eigenvalue weighted by Gasteiger charge is 2.35. The fraction of sp³-hybridized carbons (Fsp3) is 0.667. The van der Waals surface area contributed by atoms with E-state index in [2.05, 4.69) is 30.2 Å². The largest absolute Gasteiger partial charge is 0.466 e. The van der Waals surface area contributed by atoms with Gasteiger partial charge in [0.15, 0.2) is 0 Å². The van der Waals surface area contributed by atoms with Gasteiger partial charge in [-0.2, -0.15) is 12.6 Å². The molecule has 2 N–H and O–H groups in total. The first-order valence-electron chi connectivity index (χ1n) is 14.2. The molecule has 9 nitrogen and oxygen atoms in total. The summed E-state index contributed by atoms with van der Waals surface area (Å²) in [5, 5.41) is 5.45. The molecule has 0 saturated heterocycles. The molecule has 40 heavy (non-hydrogen) atoms. The lowest BCUT2D eigenvalue weighted by molar-refractivity contribution is -0.144. The number of hydrogen-bond acceptors (Lipinski definition) is 7. The van der Waals surface area contributed by atoms with E-state index >= 15 is 0 Å². The Morgan fingerprint density at radius 3 is 2.15 bits per heavy atom. The van der Waals surface area contributed by atoms with Crippen LogP contribution in [0.3, 0.4) is 0 Å². The van der Waals surface area contributed by atoms with Crippen molar-refractivity contribution in [1.82, 2.24) is 15.5 Å². The van der Waals surface area contributed by atoms with Crippen molar-refractivity contribution >= 4 is 36.5 Å². The normalized spacial score (nSPS) is 12.7. The van der Waals surface area contributed by atoms with Crippen molar-refractivity contribution in [3.8, 4) is 0 Å². The van der Waals surface area contributed by atoms with Crippen LogP contribution in [0.15, 0.2) is 18.2 Å². The predicted octanol–water partition coefficient (Wildman–Crippen LogP) is 5.04. The van der Waals surface area contributed by atoms with Crippen molar-refractivity contribution in [2.45, 2.75) is 105 Å². The Balaban J connectivity index is 3.39. The number of thiol groups is 1. The first kappa shape index (κ1) is 35.3. The molecule has 3 amide bonds. The van der Waals surface area contributed by atoms with Crippen molar-refractivity contribution < 1.29 is 28.7 Å². The minimum absolute atomic E-state index is 0.0174. The molecule has 0 fully saturated rings. The average Bonchev–Trinajstić information content (AvgIpc) is 2.84. The van der Waals surface area contributed by atoms with Crippen LogP contribution >= 0.6 is 12.6 Å². The first-order chi connectivity index (χ1) is 18.8. The molecule has 1 aromatic carbocycles. The second-order valence-electron chi connectivity index (χ2n) is 11.0. The van der Waals surface area contributed by atoms with E-state index in [4.69, 9.17) is 9.47 Å². The molecule has 1 rings (SSSR count). The number of nitrogens with zero attached hydrogens (tertiary/aromatic N) is 1. The van der Waals surface area contributed by atoms with Gasteiger partial charge in [0.05, 0.1) is 13.0 Å². The van der Waals surface area contributed by atoms with Gasteiger partial charge in [-0.15, -0.1) is 0 Å². The van der Waals surface area contributed by atoms with Gasteiger partial charge in [-0.25, -0.2) is 4.79 Å². The van der Waals surface area contributed by atoms with Crippen molar-refractivity contribution in [3.05, 3.63) is 34.9 Å². The number of alkyl carbamates (subject to hydrolysis) is 1. The third-order valence-electron chi connectivity index (χ3n) is 6.01. The van der Waals surface area contributed by atoms with E-state index in [1.54, 1.807) is 27.7 Å². The standard InChI is InChI=1S/C30H49N3O6S/c1-8-10-11-12-13-16-33(28(36)24(20-40)32-29(37)39-30(5,6)7)26(23-18-21(3)17-22(4)19-23)27(35)31-15-14-25(34)38-9-2/h17-19,24,26,40H,8-16,20H2,1-7H3,(H,31,35)(H,32,37). The number of ether oxygens (including phenoxy) is 2. The number of hydrogen-bond donors (Lipinski definition) is 3. The monoisotopic (exact) mass is 579 g/mol. The summed E-state index contributed by atoms with van der Waals surface area (Å²) in [4.78, 5) is 53.7. The van der Waals surface area contributed by atoms with Gasteiger partial charge in [0.25, 0.3) is 0 Å². The Morgan fingerprint density at radius 1 is 0.975 bits per heavy atom. The molecular formula is C30H49N3O6S. The fourth-order valence-corrected chi connectivity index (χ4v) is 4.59. The number of esters is 1. The van der Waals surface area contributed by atoms with Crippen molar-refractivity contribution in [2.75, 3.05) is 25.4 Å². The van der Waals surface area contributed by atoms with Crippen molar-refractivity contribution in [2.24, 2.45) is 0 Å². The summed E-state index contributed by atoms with van der Waals surface area (Å²) in [6.07, 6.45) is 4.06. The van der Waals surface area contributed by atoms with Gasteiger partial charge in [0, 0.05) is 18.8 Å². The maximum atomic E-state index is 14.0. The summed E-state index contributed by atoms with van der Waals surface area (Å²) < 4.78 is 10.3. The number of benzene rings is 1. The van der Waals surface area contributed by atoms with Crippen LogP contribution in [0.4, 0.5) is 4.79 Å². The van der Waals surface area contributed by atoms with Gasteiger partial charge in [-0.3, -0.25) is 14.4 Å². The highest BCUT2D eigenvalue weighted by atomic mass is 32.1. The fourth-order valence-electron chi connectivity index (χ4n) is 4.35. The maximum absolute atomic E-state index is 14.0. The molecule has 0 aliphatic heterocycles. The number of aryl methyl sites for hydroxylation is 2. The molecule has 1 aromatic rings. The smallest absolute Gasteiger partial charge is 0.408 e. The third kappa shape index (κ3) is 13.1. The summed E-state index contributed by atoms with van der Waals surface area (Å²) >= 11 is 4.34. The van der Waals surface area contributed by atoms with Crippen LogP contribution in [-0.2, 0) is 23.9 Å². The van der Waals surface area contributed by atoms with Gasteiger partial charge in [-0.05, 0) is 53.5 Å². The predicted molar refractivity (Wildman–Crippen MR) is 160 cm³/mol. The Labute approximate surface area is 245 Å². The van der Waals surface area contributed by atoms with Gasteiger partial charge >= 0.3 is 12.1 Å². The number of rotatable bonds is 16. The van der Waals surface area contributed by atoms with Gasteiger partial charge < -0.3 is 25.0 Å². The van der Waals surface area contributed by atoms with E-state index in [-0.39, 0.29) is 25.3 Å². The van der Waals surface area contributed by atoms with Gasteiger partial charge in [-0.1, -0.05) is 61.9 Å². The average molecular weight is 580 g/mol. The number of nitrogens with one attached hydrogen (secondary N) is 2. The Hall–Kier alpha value is -2.75. The van der Waals surface area contributed by atoms with Crippen molar-refractivity contribution in [1.29, 1.82) is 0 Å². The lowest BCUT2D eigenvalue weighted by Crippen LogP contribution is -2.54. The molecule has 0 bridgehead atoms. The Kier molecular flexibility index (Phi) is 15.7. The second-order valence-corrected chi connectivity index (χ2v) is 11.4. The summed E-state index contributed by atoms with van der Waals surface area (Å²) in [5.74, 6) is -1.23. The first-order valence-corrected chi connectivity index (χ1v) is 14.9. The number of unbranched alkanes of at least 4 members (excludes halogenated alkanes) is 4. The molecule has 2 unspecified atom stereocenters. The van der Waals surface area contributed by atoms with E-state index < -0.39 is 41.6 Å². The van der Waals surface area contributed by atoms with Crippen LogP contribution < -0.4 is 10.6 Å². The van der Waals surface area contributed by atoms with Crippen LogP contribution in [0.2, 0.25) is 0 Å². The zero-order chi connectivity index (χ0) is 30.3. The summed E-state index contributed by atoms with van der Waals surface area (Å²) in [7, 11) is 0. The summed E-state index contributed by atoms with van der Waals surface area (Å²) in [6, 6.07) is 3.79. The SMILES string of the molecule is CCCCCCCN(C(=O)C(CS)NC(=O)OC(C)(C)C)C(C(=O)NCCC(=O)OCC)c1cc(C)cc(C)c1. The topological polar surface area (TPSA) is 114 Å². The molecule has 226 valence electrons. The molecule has 0 aliphatic rings. The molecule has 10 heteroatoms. The molecule has 2 atom stereocenters. The van der Waals surface area contributed by atoms with E-state index in [9.17, 15) is 19.2 Å². The van der Waals surface area contributed by atoms with Crippen molar-refractivity contribution in [3.63, 3.8) is 0 Å². The highest BCUT2D eigenvalue weighted by molar-refractivity contribution is 7.80. The molecule has 0 radical (unpaired) electrons. The van der Waals surface area contributed by atoms with Crippen LogP contribution in [0, 0.1) is 13.8 Å². The molecule has 0 aliphatic carbocycles. The van der Waals surface area contributed by atoms with Crippen LogP contribution in [0.1, 0.15) is 95.9 Å². The molecule has 0 saturated carbocycles. The van der Waals surface area contributed by atoms with E-state index in [1.807, 2.05) is 32.0 Å². The zero-order valence-corrected chi connectivity index (χ0v) is 26.2. The number of carbonyl (C=O) groups excluding carboxylic acids is 4. The highest BCUT2D eigenvalue weighted by Crippen LogP contribution is 2.26. The van der Waals surface area contributed by atoms with E-state index in [1.165, 1.54) is 4.90 Å². The zero-order valence-electron chi connectivity index (χ0n) is 25.3. The van der Waals surface area contributed by atoms with Crippen LogP contribution in [0.25, 0.3) is 0 Å². The minimum atomic E-state index is -1.01. The lowest BCUT2D eigenvalue weighted by atomic mass is 9.98. The Bertz CT molecular complexity index is 958. The third-order valence-corrected chi connectivity index (χ3v) is 6.38. The molecule has 0 spiro atoms. The maximum Gasteiger partial charge on any atom is 0.408 e. The van der Waals surface area contributed by atoms with E-state index in [0.717, 1.165) is 36.8 Å². The van der Waals surface area contributed by atoms with Gasteiger partial charge in [0.2, 0.25) is 11.8 Å². The summed E-state index contributed by atoms with van der Waals surface area (Å²) in [6.45, 7) is 13.6. The molecule has 0 aromatic heterocycles. The van der Waals surface area contributed by atoms with Gasteiger partial charge in [0.1, 0.15) is 17.7 Å². The Morgan fingerprint density at radius 2 is 1.60 bits per heavy atom. The quantitative estimate of drug-likeness (QED) is 0.144. The van der Waals surface area contributed by atoms with Crippen LogP contribution in [-0.4, -0.2) is 65.9 Å². The summed E-state index contributed by atoms with van der Waals surface area (Å²) in [5.41, 5.74) is 1.82. The lowest BCUT2D eigenvalue weighted by Gasteiger charge is -2.34. The molecular weight excluding hydrogens is 530 g/mol. The number of amides is 3.